The van der Waals surface area contributed by atoms with Crippen molar-refractivity contribution in [1.29, 1.82) is 0 Å². The fraction of sp³-hybridized carbons (Fsp3) is 0.480. The van der Waals surface area contributed by atoms with Gasteiger partial charge in [-0.05, 0) is 60.3 Å². The van der Waals surface area contributed by atoms with Gasteiger partial charge in [0.25, 0.3) is 5.56 Å². The molecule has 0 N–H and O–H groups in total. The van der Waals surface area contributed by atoms with Gasteiger partial charge in [0.1, 0.15) is 0 Å². The maximum Gasteiger partial charge on any atom is 0.255 e. The Kier molecular flexibility index (Phi) is 6.98. The van der Waals surface area contributed by atoms with E-state index in [-0.39, 0.29) is 5.56 Å². The Morgan fingerprint density at radius 3 is 2.48 bits per heavy atom. The van der Waals surface area contributed by atoms with Crippen LogP contribution in [0, 0.1) is 5.92 Å². The lowest BCUT2D eigenvalue weighted by molar-refractivity contribution is 0.309. The summed E-state index contributed by atoms with van der Waals surface area (Å²) in [6.07, 6.45) is 6.23. The molecule has 1 aromatic carbocycles. The van der Waals surface area contributed by atoms with Crippen LogP contribution in [0.5, 0.6) is 11.5 Å². The van der Waals surface area contributed by atoms with Gasteiger partial charge >= 0.3 is 0 Å². The first-order valence-corrected chi connectivity index (χ1v) is 12.0. The smallest absolute Gasteiger partial charge is 0.255 e. The van der Waals surface area contributed by atoms with Crippen LogP contribution in [0.25, 0.3) is 10.9 Å². The SMILES string of the molecule is COc1cc2cc(CN(C)Cc3ccsc3)c(=O)n(CC3CCCCC3)c2cc1OC. The number of benzene rings is 1. The van der Waals surface area contributed by atoms with Crippen molar-refractivity contribution in [3.05, 3.63) is 56.5 Å². The van der Waals surface area contributed by atoms with Gasteiger partial charge in [-0.3, -0.25) is 9.69 Å². The molecule has 0 bridgehead atoms. The third-order valence-electron chi connectivity index (χ3n) is 6.31. The van der Waals surface area contributed by atoms with Crippen molar-refractivity contribution < 1.29 is 9.47 Å². The van der Waals surface area contributed by atoms with E-state index in [9.17, 15) is 4.79 Å². The van der Waals surface area contributed by atoms with Gasteiger partial charge in [0.15, 0.2) is 11.5 Å². The second-order valence-electron chi connectivity index (χ2n) is 8.66. The maximum absolute atomic E-state index is 13.6. The van der Waals surface area contributed by atoms with Crippen molar-refractivity contribution in [3.63, 3.8) is 0 Å². The van der Waals surface area contributed by atoms with Crippen molar-refractivity contribution in [2.45, 2.75) is 51.7 Å². The third kappa shape index (κ3) is 4.96. The zero-order valence-electron chi connectivity index (χ0n) is 18.7. The predicted octanol–water partition coefficient (Wildman–Crippen LogP) is 5.29. The molecule has 31 heavy (non-hydrogen) atoms. The molecule has 0 unspecified atom stereocenters. The van der Waals surface area contributed by atoms with Crippen LogP contribution in [0.4, 0.5) is 0 Å². The molecule has 2 heterocycles. The normalized spacial score (nSPS) is 15.0. The van der Waals surface area contributed by atoms with Gasteiger partial charge in [-0.1, -0.05) is 19.3 Å². The fourth-order valence-corrected chi connectivity index (χ4v) is 5.39. The summed E-state index contributed by atoms with van der Waals surface area (Å²) in [5.74, 6) is 1.91. The highest BCUT2D eigenvalue weighted by atomic mass is 32.1. The Labute approximate surface area is 188 Å². The Bertz CT molecular complexity index is 1070. The van der Waals surface area contributed by atoms with Crippen molar-refractivity contribution in [2.75, 3.05) is 21.3 Å². The minimum atomic E-state index is 0.113. The topological polar surface area (TPSA) is 43.7 Å². The molecule has 1 saturated carbocycles. The fourth-order valence-electron chi connectivity index (χ4n) is 4.73. The van der Waals surface area contributed by atoms with Gasteiger partial charge in [0.05, 0.1) is 19.7 Å². The molecule has 2 aromatic heterocycles. The van der Waals surface area contributed by atoms with E-state index in [1.165, 1.54) is 37.7 Å². The number of ether oxygens (including phenoxy) is 2. The molecule has 4 rings (SSSR count). The second-order valence-corrected chi connectivity index (χ2v) is 9.44. The van der Waals surface area contributed by atoms with Gasteiger partial charge in [-0.25, -0.2) is 0 Å². The van der Waals surface area contributed by atoms with E-state index in [2.05, 4.69) is 28.8 Å². The number of hydrogen-bond acceptors (Lipinski definition) is 5. The average Bonchev–Trinajstić information content (AvgIpc) is 3.29. The van der Waals surface area contributed by atoms with Crippen LogP contribution in [-0.4, -0.2) is 30.7 Å². The van der Waals surface area contributed by atoms with Crippen molar-refractivity contribution in [3.8, 4) is 11.5 Å². The molecule has 0 saturated heterocycles. The molecule has 0 amide bonds. The van der Waals surface area contributed by atoms with Gasteiger partial charge in [-0.15, -0.1) is 0 Å². The number of nitrogens with zero attached hydrogens (tertiary/aromatic N) is 2. The first kappa shape index (κ1) is 21.9. The van der Waals surface area contributed by atoms with Crippen LogP contribution in [-0.2, 0) is 19.6 Å². The van der Waals surface area contributed by atoms with E-state index < -0.39 is 0 Å². The number of methoxy groups -OCH3 is 2. The second kappa shape index (κ2) is 9.88. The monoisotopic (exact) mass is 440 g/mol. The molecule has 3 aromatic rings. The van der Waals surface area contributed by atoms with Crippen LogP contribution in [0.2, 0.25) is 0 Å². The molecule has 6 heteroatoms. The molecule has 5 nitrogen and oxygen atoms in total. The number of rotatable bonds is 8. The van der Waals surface area contributed by atoms with Gasteiger partial charge in [0, 0.05) is 36.7 Å². The molecule has 1 aliphatic rings. The van der Waals surface area contributed by atoms with Crippen LogP contribution in [0.15, 0.2) is 39.8 Å². The summed E-state index contributed by atoms with van der Waals surface area (Å²) < 4.78 is 13.1. The lowest BCUT2D eigenvalue weighted by atomic mass is 9.89. The molecule has 0 spiro atoms. The van der Waals surface area contributed by atoms with Crippen LogP contribution in [0.1, 0.15) is 43.2 Å². The summed E-state index contributed by atoms with van der Waals surface area (Å²) in [6.45, 7) is 2.21. The zero-order valence-corrected chi connectivity index (χ0v) is 19.5. The van der Waals surface area contributed by atoms with E-state index in [4.69, 9.17) is 9.47 Å². The highest BCUT2D eigenvalue weighted by molar-refractivity contribution is 7.07. The summed E-state index contributed by atoms with van der Waals surface area (Å²) >= 11 is 1.70. The average molecular weight is 441 g/mol. The van der Waals surface area contributed by atoms with Crippen LogP contribution in [0.3, 0.4) is 0 Å². The lowest BCUT2D eigenvalue weighted by Gasteiger charge is -2.25. The largest absolute Gasteiger partial charge is 0.493 e. The summed E-state index contributed by atoms with van der Waals surface area (Å²) in [7, 11) is 5.36. The molecular formula is C25H32N2O3S. The van der Waals surface area contributed by atoms with Crippen molar-refractivity contribution in [1.82, 2.24) is 9.47 Å². The summed E-state index contributed by atoms with van der Waals surface area (Å²) in [6, 6.07) is 8.12. The molecule has 0 aliphatic heterocycles. The van der Waals surface area contributed by atoms with Crippen LogP contribution >= 0.6 is 11.3 Å². The van der Waals surface area contributed by atoms with E-state index in [1.807, 2.05) is 22.8 Å². The molecular weight excluding hydrogens is 408 g/mol. The van der Waals surface area contributed by atoms with E-state index in [1.54, 1.807) is 25.6 Å². The highest BCUT2D eigenvalue weighted by Crippen LogP contribution is 2.33. The summed E-state index contributed by atoms with van der Waals surface area (Å²) in [4.78, 5) is 15.8. The third-order valence-corrected chi connectivity index (χ3v) is 7.04. The number of thiophene rings is 1. The quantitative estimate of drug-likeness (QED) is 0.477. The zero-order chi connectivity index (χ0) is 21.8. The number of aromatic nitrogens is 1. The molecule has 1 fully saturated rings. The first-order valence-electron chi connectivity index (χ1n) is 11.1. The standard InChI is InChI=1S/C25H32N2O3S/c1-26(14-19-9-10-31-17-19)16-21-11-20-12-23(29-2)24(30-3)13-22(20)27(25(21)28)15-18-7-5-4-6-8-18/h9-13,17-18H,4-8,14-16H2,1-3H3. The number of fused-ring (bicyclic) bond motifs is 1. The van der Waals surface area contributed by atoms with Crippen molar-refractivity contribution >= 4 is 22.2 Å². The lowest BCUT2D eigenvalue weighted by Crippen LogP contribution is -2.30. The first-order chi connectivity index (χ1) is 15.1. The Balaban J connectivity index is 1.74. The molecule has 0 radical (unpaired) electrons. The van der Waals surface area contributed by atoms with Gasteiger partial charge in [-0.2, -0.15) is 11.3 Å². The maximum atomic E-state index is 13.6. The predicted molar refractivity (Wildman–Crippen MR) is 127 cm³/mol. The van der Waals surface area contributed by atoms with Gasteiger partial charge < -0.3 is 14.0 Å². The highest BCUT2D eigenvalue weighted by Gasteiger charge is 2.19. The van der Waals surface area contributed by atoms with Gasteiger partial charge in [0.2, 0.25) is 0 Å². The Hall–Kier alpha value is -2.31. The molecule has 1 aliphatic carbocycles. The minimum Gasteiger partial charge on any atom is -0.493 e. The van der Waals surface area contributed by atoms with Crippen molar-refractivity contribution in [2.24, 2.45) is 5.92 Å². The number of pyridine rings is 1. The molecule has 166 valence electrons. The summed E-state index contributed by atoms with van der Waals surface area (Å²) in [5, 5.41) is 5.28. The minimum absolute atomic E-state index is 0.113. The Morgan fingerprint density at radius 1 is 1.06 bits per heavy atom. The Morgan fingerprint density at radius 2 is 1.81 bits per heavy atom. The number of hydrogen-bond donors (Lipinski definition) is 0. The van der Waals surface area contributed by atoms with Crippen LogP contribution < -0.4 is 15.0 Å². The summed E-state index contributed by atoms with van der Waals surface area (Å²) in [5.41, 5.74) is 3.15. The van der Waals surface area contributed by atoms with E-state index in [0.29, 0.717) is 24.0 Å². The molecule has 0 atom stereocenters. The van der Waals surface area contributed by atoms with E-state index >= 15 is 0 Å². The van der Waals surface area contributed by atoms with E-state index in [0.717, 1.165) is 29.6 Å².